The van der Waals surface area contributed by atoms with Crippen molar-refractivity contribution >= 4 is 28.7 Å². The van der Waals surface area contributed by atoms with Crippen molar-refractivity contribution in [1.29, 1.82) is 0 Å². The van der Waals surface area contributed by atoms with Crippen LogP contribution in [0.15, 0.2) is 53.6 Å². The third kappa shape index (κ3) is 6.26. The molecule has 3 rings (SSSR count). The van der Waals surface area contributed by atoms with Gasteiger partial charge in [0.25, 0.3) is 0 Å². The van der Waals surface area contributed by atoms with E-state index < -0.39 is 0 Å². The second-order valence-electron chi connectivity index (χ2n) is 8.46. The second-order valence-corrected chi connectivity index (χ2v) is 9.53. The zero-order chi connectivity index (χ0) is 23.3. The topological polar surface area (TPSA) is 80.2 Å². The summed E-state index contributed by atoms with van der Waals surface area (Å²) in [5, 5.41) is 8.28. The summed E-state index contributed by atoms with van der Waals surface area (Å²) in [6.45, 7) is 10.2. The molecule has 0 aromatic heterocycles. The highest BCUT2D eigenvalue weighted by atomic mass is 32.2. The smallest absolute Gasteiger partial charge is 0.241 e. The molecule has 1 aliphatic heterocycles. The summed E-state index contributed by atoms with van der Waals surface area (Å²) in [5.74, 6) is 1.10. The standard InChI is InChI=1S/C24H29N3O4S/c1-16(28)25-23-26-27(17(2)29)22(32-23)18-6-10-20(11-7-18)30-14-15-31-21-12-8-19(9-13-21)24(3,4)5/h6-13,22H,14-15H2,1-5H3,(H,25,26,28). The van der Waals surface area contributed by atoms with E-state index in [4.69, 9.17) is 9.47 Å². The third-order valence-corrected chi connectivity index (χ3v) is 5.86. The Kier molecular flexibility index (Phi) is 7.45. The number of amides is 2. The molecule has 0 fully saturated rings. The lowest BCUT2D eigenvalue weighted by atomic mass is 9.87. The van der Waals surface area contributed by atoms with Gasteiger partial charge in [-0.15, -0.1) is 5.10 Å². The molecule has 7 nitrogen and oxygen atoms in total. The minimum Gasteiger partial charge on any atom is -0.490 e. The summed E-state index contributed by atoms with van der Waals surface area (Å²) >= 11 is 1.32. The lowest BCUT2D eigenvalue weighted by molar-refractivity contribution is -0.129. The zero-order valence-electron chi connectivity index (χ0n) is 19.0. The number of hydrazone groups is 1. The summed E-state index contributed by atoms with van der Waals surface area (Å²) in [6.07, 6.45) is 0. The highest BCUT2D eigenvalue weighted by Crippen LogP contribution is 2.39. The second kappa shape index (κ2) is 10.1. The number of amidine groups is 1. The zero-order valence-corrected chi connectivity index (χ0v) is 19.9. The molecule has 0 spiro atoms. The van der Waals surface area contributed by atoms with Gasteiger partial charge in [0.2, 0.25) is 11.8 Å². The number of hydrogen-bond donors (Lipinski definition) is 1. The monoisotopic (exact) mass is 455 g/mol. The van der Waals surface area contributed by atoms with Crippen LogP contribution >= 0.6 is 11.8 Å². The van der Waals surface area contributed by atoms with Gasteiger partial charge in [-0.1, -0.05) is 56.8 Å². The first-order valence-corrected chi connectivity index (χ1v) is 11.3. The van der Waals surface area contributed by atoms with Gasteiger partial charge in [0.05, 0.1) is 0 Å². The Bertz CT molecular complexity index is 982. The van der Waals surface area contributed by atoms with E-state index in [1.54, 1.807) is 0 Å². The molecule has 0 bridgehead atoms. The summed E-state index contributed by atoms with van der Waals surface area (Å²) in [5.41, 5.74) is 2.26. The first-order valence-electron chi connectivity index (χ1n) is 10.4. The molecule has 1 aliphatic rings. The van der Waals surface area contributed by atoms with Gasteiger partial charge in [-0.2, -0.15) is 0 Å². The van der Waals surface area contributed by atoms with E-state index in [0.717, 1.165) is 11.3 Å². The fraction of sp³-hybridized carbons (Fsp3) is 0.375. The van der Waals surface area contributed by atoms with Gasteiger partial charge in [0, 0.05) is 13.8 Å². The van der Waals surface area contributed by atoms with Crippen LogP contribution in [0.2, 0.25) is 0 Å². The first kappa shape index (κ1) is 23.7. The normalized spacial score (nSPS) is 15.8. The van der Waals surface area contributed by atoms with Gasteiger partial charge in [0.1, 0.15) is 30.1 Å². The Morgan fingerprint density at radius 2 is 1.50 bits per heavy atom. The summed E-state index contributed by atoms with van der Waals surface area (Å²) < 4.78 is 11.5. The van der Waals surface area contributed by atoms with Crippen LogP contribution < -0.4 is 14.8 Å². The van der Waals surface area contributed by atoms with Crippen molar-refractivity contribution in [1.82, 2.24) is 10.3 Å². The van der Waals surface area contributed by atoms with Crippen LogP contribution in [0.4, 0.5) is 0 Å². The van der Waals surface area contributed by atoms with Gasteiger partial charge in [-0.3, -0.25) is 9.59 Å². The van der Waals surface area contributed by atoms with Crippen LogP contribution in [-0.2, 0) is 15.0 Å². The van der Waals surface area contributed by atoms with Gasteiger partial charge in [-0.25, -0.2) is 5.01 Å². The van der Waals surface area contributed by atoms with E-state index in [-0.39, 0.29) is 22.6 Å². The van der Waals surface area contributed by atoms with Crippen molar-refractivity contribution in [2.24, 2.45) is 5.10 Å². The largest absolute Gasteiger partial charge is 0.490 e. The average molecular weight is 456 g/mol. The molecule has 2 amide bonds. The van der Waals surface area contributed by atoms with Crippen LogP contribution in [0.5, 0.6) is 11.5 Å². The third-order valence-electron chi connectivity index (χ3n) is 4.76. The fourth-order valence-electron chi connectivity index (χ4n) is 3.08. The molecule has 1 atom stereocenters. The molecule has 0 saturated carbocycles. The number of ether oxygens (including phenoxy) is 2. The number of nitrogens with zero attached hydrogens (tertiary/aromatic N) is 2. The van der Waals surface area contributed by atoms with E-state index in [0.29, 0.717) is 24.1 Å². The Balaban J connectivity index is 1.50. The Morgan fingerprint density at radius 3 is 1.97 bits per heavy atom. The number of nitrogens with one attached hydrogen (secondary N) is 1. The van der Waals surface area contributed by atoms with E-state index in [2.05, 4.69) is 43.3 Å². The molecule has 2 aromatic carbocycles. The molecule has 1 N–H and O–H groups in total. The van der Waals surface area contributed by atoms with Crippen molar-refractivity contribution in [3.05, 3.63) is 59.7 Å². The van der Waals surface area contributed by atoms with Crippen molar-refractivity contribution in [3.63, 3.8) is 0 Å². The maximum absolute atomic E-state index is 11.9. The lowest BCUT2D eigenvalue weighted by Gasteiger charge is -2.19. The Hall–Kier alpha value is -3.00. The number of carbonyl (C=O) groups excluding carboxylic acids is 2. The van der Waals surface area contributed by atoms with E-state index in [9.17, 15) is 9.59 Å². The predicted octanol–water partition coefficient (Wildman–Crippen LogP) is 4.44. The van der Waals surface area contributed by atoms with Crippen molar-refractivity contribution in [3.8, 4) is 11.5 Å². The molecular formula is C24H29N3O4S. The van der Waals surface area contributed by atoms with E-state index >= 15 is 0 Å². The van der Waals surface area contributed by atoms with E-state index in [1.807, 2.05) is 36.4 Å². The van der Waals surface area contributed by atoms with Crippen LogP contribution in [0.3, 0.4) is 0 Å². The fourth-order valence-corrected chi connectivity index (χ4v) is 4.22. The number of thioether (sulfide) groups is 1. The maximum atomic E-state index is 11.9. The van der Waals surface area contributed by atoms with Crippen LogP contribution in [-0.4, -0.2) is 35.2 Å². The van der Waals surface area contributed by atoms with Gasteiger partial charge >= 0.3 is 0 Å². The van der Waals surface area contributed by atoms with E-state index in [1.165, 1.54) is 36.2 Å². The van der Waals surface area contributed by atoms with Crippen LogP contribution in [0.25, 0.3) is 0 Å². The highest BCUT2D eigenvalue weighted by molar-refractivity contribution is 8.14. The SMILES string of the molecule is CC(=O)NC1=NN(C(C)=O)C(c2ccc(OCCOc3ccc(C(C)(C)C)cc3)cc2)S1. The molecule has 32 heavy (non-hydrogen) atoms. The molecule has 170 valence electrons. The molecular weight excluding hydrogens is 426 g/mol. The first-order chi connectivity index (χ1) is 15.1. The summed E-state index contributed by atoms with van der Waals surface area (Å²) in [7, 11) is 0. The van der Waals surface area contributed by atoms with Gasteiger partial charge < -0.3 is 14.8 Å². The molecule has 0 saturated heterocycles. The van der Waals surface area contributed by atoms with Crippen molar-refractivity contribution in [2.75, 3.05) is 13.2 Å². The minimum absolute atomic E-state index is 0.115. The van der Waals surface area contributed by atoms with Crippen LogP contribution in [0, 0.1) is 0 Å². The van der Waals surface area contributed by atoms with Gasteiger partial charge in [0.15, 0.2) is 5.17 Å². The number of rotatable bonds is 6. The summed E-state index contributed by atoms with van der Waals surface area (Å²) in [4.78, 5) is 23.2. The Morgan fingerprint density at radius 1 is 0.969 bits per heavy atom. The Labute approximate surface area is 193 Å². The lowest BCUT2D eigenvalue weighted by Crippen LogP contribution is -2.25. The molecule has 0 radical (unpaired) electrons. The van der Waals surface area contributed by atoms with Crippen LogP contribution in [0.1, 0.15) is 51.1 Å². The number of hydrogen-bond acceptors (Lipinski definition) is 6. The molecule has 1 heterocycles. The van der Waals surface area contributed by atoms with Gasteiger partial charge in [-0.05, 0) is 40.8 Å². The molecule has 2 aromatic rings. The number of carbonyl (C=O) groups is 2. The molecule has 8 heteroatoms. The van der Waals surface area contributed by atoms with Crippen molar-refractivity contribution in [2.45, 2.75) is 45.4 Å². The van der Waals surface area contributed by atoms with Crippen molar-refractivity contribution < 1.29 is 19.1 Å². The quantitative estimate of drug-likeness (QED) is 0.651. The highest BCUT2D eigenvalue weighted by Gasteiger charge is 2.32. The number of benzene rings is 2. The summed E-state index contributed by atoms with van der Waals surface area (Å²) in [6, 6.07) is 15.6. The predicted molar refractivity (Wildman–Crippen MR) is 127 cm³/mol. The average Bonchev–Trinajstić information content (AvgIpc) is 3.15. The molecule has 1 unspecified atom stereocenters. The molecule has 0 aliphatic carbocycles. The minimum atomic E-state index is -0.331. The maximum Gasteiger partial charge on any atom is 0.241 e.